The zero-order chi connectivity index (χ0) is 7.84. The Bertz CT molecular complexity index is 295. The number of hydrogen-bond acceptors (Lipinski definition) is 5. The lowest BCUT2D eigenvalue weighted by atomic mass is 10.2. The van der Waals surface area contributed by atoms with Gasteiger partial charge in [-0.3, -0.25) is 0 Å². The van der Waals surface area contributed by atoms with Gasteiger partial charge < -0.3 is 16.8 Å². The largest absolute Gasteiger partial charge is 0.383 e. The van der Waals surface area contributed by atoms with Crippen LogP contribution in [0.1, 0.15) is 11.3 Å². The molecule has 0 radical (unpaired) electrons. The number of aromatic nitrogens is 2. The van der Waals surface area contributed by atoms with E-state index in [0.29, 0.717) is 5.82 Å². The Hall–Kier alpha value is -1.36. The standard InChI is InChI=1S/C6H9N5/c7-5-3-1-9-2-4(3)10-6(8)11-5/h9H,1-2H2,(H4,7,8,10,11). The van der Waals surface area contributed by atoms with Gasteiger partial charge in [0.05, 0.1) is 5.69 Å². The number of rotatable bonds is 0. The summed E-state index contributed by atoms with van der Waals surface area (Å²) >= 11 is 0. The molecule has 0 amide bonds. The Balaban J connectivity index is 2.60. The van der Waals surface area contributed by atoms with Gasteiger partial charge in [0.25, 0.3) is 0 Å². The highest BCUT2D eigenvalue weighted by Crippen LogP contribution is 2.18. The van der Waals surface area contributed by atoms with E-state index in [1.165, 1.54) is 0 Å². The smallest absolute Gasteiger partial charge is 0.222 e. The molecule has 1 aromatic heterocycles. The number of nitrogens with zero attached hydrogens (tertiary/aromatic N) is 2. The topological polar surface area (TPSA) is 89.8 Å². The summed E-state index contributed by atoms with van der Waals surface area (Å²) in [6, 6.07) is 0. The van der Waals surface area contributed by atoms with Crippen molar-refractivity contribution in [2.75, 3.05) is 11.5 Å². The maximum absolute atomic E-state index is 5.60. The lowest BCUT2D eigenvalue weighted by Crippen LogP contribution is -2.04. The van der Waals surface area contributed by atoms with E-state index in [4.69, 9.17) is 11.5 Å². The van der Waals surface area contributed by atoms with Gasteiger partial charge in [0.1, 0.15) is 5.82 Å². The minimum Gasteiger partial charge on any atom is -0.383 e. The van der Waals surface area contributed by atoms with Gasteiger partial charge in [-0.15, -0.1) is 0 Å². The highest BCUT2D eigenvalue weighted by molar-refractivity contribution is 5.47. The first-order chi connectivity index (χ1) is 5.27. The van der Waals surface area contributed by atoms with Crippen molar-refractivity contribution in [1.82, 2.24) is 15.3 Å². The van der Waals surface area contributed by atoms with E-state index in [2.05, 4.69) is 15.3 Å². The van der Waals surface area contributed by atoms with E-state index in [9.17, 15) is 0 Å². The minimum absolute atomic E-state index is 0.255. The molecule has 0 bridgehead atoms. The van der Waals surface area contributed by atoms with Crippen LogP contribution in [-0.4, -0.2) is 9.97 Å². The quantitative estimate of drug-likeness (QED) is 0.453. The van der Waals surface area contributed by atoms with E-state index >= 15 is 0 Å². The maximum atomic E-state index is 5.60. The molecule has 2 rings (SSSR count). The second-order valence-electron chi connectivity index (χ2n) is 2.50. The van der Waals surface area contributed by atoms with Crippen molar-refractivity contribution >= 4 is 11.8 Å². The van der Waals surface area contributed by atoms with Crippen molar-refractivity contribution in [3.63, 3.8) is 0 Å². The lowest BCUT2D eigenvalue weighted by molar-refractivity contribution is 0.758. The SMILES string of the molecule is Nc1nc(N)c2c(n1)CNC2. The van der Waals surface area contributed by atoms with E-state index in [1.807, 2.05) is 0 Å². The summed E-state index contributed by atoms with van der Waals surface area (Å²) in [4.78, 5) is 7.89. The van der Waals surface area contributed by atoms with Gasteiger partial charge in [-0.05, 0) is 0 Å². The molecular formula is C6H9N5. The molecule has 5 nitrogen and oxygen atoms in total. The van der Waals surface area contributed by atoms with Crippen LogP contribution in [-0.2, 0) is 13.1 Å². The molecule has 5 N–H and O–H groups in total. The Morgan fingerprint density at radius 2 is 2.00 bits per heavy atom. The summed E-state index contributed by atoms with van der Waals surface area (Å²) < 4.78 is 0. The summed E-state index contributed by atoms with van der Waals surface area (Å²) in [7, 11) is 0. The summed E-state index contributed by atoms with van der Waals surface area (Å²) in [5.74, 6) is 0.752. The molecule has 0 aliphatic carbocycles. The number of anilines is 2. The number of fused-ring (bicyclic) bond motifs is 1. The molecule has 1 aliphatic rings. The second kappa shape index (κ2) is 2.06. The molecule has 0 fully saturated rings. The molecule has 0 atom stereocenters. The summed E-state index contributed by atoms with van der Waals surface area (Å²) in [6.45, 7) is 1.49. The van der Waals surface area contributed by atoms with Crippen LogP contribution in [0.4, 0.5) is 11.8 Å². The van der Waals surface area contributed by atoms with Crippen LogP contribution in [0.5, 0.6) is 0 Å². The molecule has 11 heavy (non-hydrogen) atoms. The van der Waals surface area contributed by atoms with Crippen molar-refractivity contribution < 1.29 is 0 Å². The Labute approximate surface area is 63.8 Å². The van der Waals surface area contributed by atoms with Crippen LogP contribution in [0.15, 0.2) is 0 Å². The number of nitrogens with one attached hydrogen (secondary N) is 1. The molecule has 5 heteroatoms. The molecule has 2 heterocycles. The van der Waals surface area contributed by atoms with Crippen LogP contribution in [0.2, 0.25) is 0 Å². The van der Waals surface area contributed by atoms with E-state index in [0.717, 1.165) is 24.3 Å². The van der Waals surface area contributed by atoms with Crippen LogP contribution < -0.4 is 16.8 Å². The average Bonchev–Trinajstić information content (AvgIpc) is 2.34. The Morgan fingerprint density at radius 1 is 1.18 bits per heavy atom. The molecule has 0 saturated heterocycles. The van der Waals surface area contributed by atoms with Crippen molar-refractivity contribution in [2.45, 2.75) is 13.1 Å². The summed E-state index contributed by atoms with van der Waals surface area (Å²) in [5.41, 5.74) is 12.9. The third-order valence-electron chi connectivity index (χ3n) is 1.74. The average molecular weight is 151 g/mol. The van der Waals surface area contributed by atoms with Gasteiger partial charge in [-0.25, -0.2) is 4.98 Å². The third kappa shape index (κ3) is 0.894. The zero-order valence-electron chi connectivity index (χ0n) is 5.96. The molecule has 1 aromatic rings. The third-order valence-corrected chi connectivity index (χ3v) is 1.74. The first kappa shape index (κ1) is 6.36. The number of nitrogen functional groups attached to an aromatic ring is 2. The summed E-state index contributed by atoms with van der Waals surface area (Å²) in [6.07, 6.45) is 0. The van der Waals surface area contributed by atoms with Gasteiger partial charge in [-0.1, -0.05) is 0 Å². The van der Waals surface area contributed by atoms with Gasteiger partial charge in [0, 0.05) is 18.7 Å². The minimum atomic E-state index is 0.255. The number of nitrogens with two attached hydrogens (primary N) is 2. The van der Waals surface area contributed by atoms with Gasteiger partial charge in [0.2, 0.25) is 5.95 Å². The first-order valence-corrected chi connectivity index (χ1v) is 3.39. The van der Waals surface area contributed by atoms with Crippen LogP contribution in [0, 0.1) is 0 Å². The first-order valence-electron chi connectivity index (χ1n) is 3.39. The van der Waals surface area contributed by atoms with E-state index in [1.54, 1.807) is 0 Å². The molecule has 1 aliphatic heterocycles. The Morgan fingerprint density at radius 3 is 2.82 bits per heavy atom. The molecule has 0 aromatic carbocycles. The fraction of sp³-hybridized carbons (Fsp3) is 0.333. The van der Waals surface area contributed by atoms with E-state index < -0.39 is 0 Å². The van der Waals surface area contributed by atoms with Crippen molar-refractivity contribution in [3.8, 4) is 0 Å². The maximum Gasteiger partial charge on any atom is 0.222 e. The van der Waals surface area contributed by atoms with Crippen molar-refractivity contribution in [2.24, 2.45) is 0 Å². The highest BCUT2D eigenvalue weighted by Gasteiger charge is 2.15. The molecule has 0 spiro atoms. The molecule has 58 valence electrons. The lowest BCUT2D eigenvalue weighted by Gasteiger charge is -2.00. The zero-order valence-corrected chi connectivity index (χ0v) is 5.96. The molecule has 0 saturated carbocycles. The van der Waals surface area contributed by atoms with Crippen molar-refractivity contribution in [1.29, 1.82) is 0 Å². The van der Waals surface area contributed by atoms with Gasteiger partial charge in [0.15, 0.2) is 0 Å². The highest BCUT2D eigenvalue weighted by atomic mass is 15.1. The van der Waals surface area contributed by atoms with Crippen LogP contribution in [0.25, 0.3) is 0 Å². The predicted octanol–water partition coefficient (Wildman–Crippen LogP) is -0.756. The predicted molar refractivity (Wildman–Crippen MR) is 41.4 cm³/mol. The van der Waals surface area contributed by atoms with Crippen LogP contribution in [0.3, 0.4) is 0 Å². The van der Waals surface area contributed by atoms with E-state index in [-0.39, 0.29) is 5.95 Å². The molecule has 0 unspecified atom stereocenters. The molecular weight excluding hydrogens is 142 g/mol. The van der Waals surface area contributed by atoms with Crippen LogP contribution >= 0.6 is 0 Å². The summed E-state index contributed by atoms with van der Waals surface area (Å²) in [5, 5.41) is 3.12. The fourth-order valence-corrected chi connectivity index (χ4v) is 1.21. The van der Waals surface area contributed by atoms with Crippen molar-refractivity contribution in [3.05, 3.63) is 11.3 Å². The Kier molecular flexibility index (Phi) is 1.19. The monoisotopic (exact) mass is 151 g/mol. The van der Waals surface area contributed by atoms with Gasteiger partial charge in [-0.2, -0.15) is 4.98 Å². The van der Waals surface area contributed by atoms with Gasteiger partial charge >= 0.3 is 0 Å². The fourth-order valence-electron chi connectivity index (χ4n) is 1.21. The second-order valence-corrected chi connectivity index (χ2v) is 2.50. The number of hydrogen-bond donors (Lipinski definition) is 3. The normalized spacial score (nSPS) is 14.9.